The molecular formula is H2Br2IK. The molecule has 0 aliphatic carbocycles. The van der Waals surface area contributed by atoms with Gasteiger partial charge in [-0.25, -0.2) is 0 Å². The van der Waals surface area contributed by atoms with Gasteiger partial charge in [0.15, 0.2) is 0 Å². The summed E-state index contributed by atoms with van der Waals surface area (Å²) in [5.74, 6) is 0. The molecule has 0 heterocycles. The Morgan fingerprint density at radius 2 is 1.00 bits per heavy atom. The number of halogens is 3. The van der Waals surface area contributed by atoms with Gasteiger partial charge < -0.3 is 17.0 Å². The summed E-state index contributed by atoms with van der Waals surface area (Å²) in [5, 5.41) is 0. The van der Waals surface area contributed by atoms with E-state index in [4.69, 9.17) is 0 Å². The summed E-state index contributed by atoms with van der Waals surface area (Å²) in [4.78, 5) is 0. The predicted octanol–water partition coefficient (Wildman–Crippen LogP) is -4.80. The molecule has 0 nitrogen and oxygen atoms in total. The molecule has 0 bridgehead atoms. The summed E-state index contributed by atoms with van der Waals surface area (Å²) in [6.45, 7) is 0. The van der Waals surface area contributed by atoms with Crippen LogP contribution in [0.2, 0.25) is 0 Å². The Morgan fingerprint density at radius 1 is 1.00 bits per heavy atom. The average molecular weight is 328 g/mol. The first kappa shape index (κ1) is 26.5. The van der Waals surface area contributed by atoms with E-state index in [0.717, 1.165) is 0 Å². The third-order valence-electron chi connectivity index (χ3n) is 0. The fourth-order valence-electron chi connectivity index (χ4n) is 0. The van der Waals surface area contributed by atoms with Crippen LogP contribution in [-0.4, -0.2) is 0 Å². The minimum Gasteiger partial charge on any atom is -1.00 e. The third kappa shape index (κ3) is 9.01. The standard InChI is InChI=1S/2BrH.HI.K/h3*1H;/q;;;+1/p-1. The molecule has 0 aromatic heterocycles. The Hall–Kier alpha value is 3.33. The Bertz CT molecular complexity index is 6.00. The molecule has 0 N–H and O–H groups in total. The van der Waals surface area contributed by atoms with E-state index < -0.39 is 0 Å². The molecule has 0 saturated carbocycles. The van der Waals surface area contributed by atoms with Gasteiger partial charge in [-0.3, -0.25) is 0 Å². The van der Waals surface area contributed by atoms with Gasteiger partial charge in [-0.05, 0) is 0 Å². The van der Waals surface area contributed by atoms with Gasteiger partial charge in [0, 0.05) is 0 Å². The molecule has 0 unspecified atom stereocenters. The molecule has 0 rings (SSSR count). The van der Waals surface area contributed by atoms with Gasteiger partial charge in [-0.15, -0.1) is 41.0 Å². The van der Waals surface area contributed by atoms with E-state index in [1.54, 1.807) is 0 Å². The maximum atomic E-state index is 0. The van der Waals surface area contributed by atoms with Crippen molar-refractivity contribution in [3.05, 3.63) is 0 Å². The van der Waals surface area contributed by atoms with Crippen molar-refractivity contribution in [2.45, 2.75) is 0 Å². The van der Waals surface area contributed by atoms with E-state index in [1.165, 1.54) is 0 Å². The average Bonchev–Trinajstić information content (AvgIpc) is 0. The van der Waals surface area contributed by atoms with Crippen molar-refractivity contribution in [3.8, 4) is 0 Å². The van der Waals surface area contributed by atoms with Crippen LogP contribution in [0, 0.1) is 0 Å². The topological polar surface area (TPSA) is 0 Å². The molecule has 0 aromatic carbocycles. The first-order valence-electron chi connectivity index (χ1n) is 0. The van der Waals surface area contributed by atoms with Gasteiger partial charge in [0.2, 0.25) is 0 Å². The summed E-state index contributed by atoms with van der Waals surface area (Å²) in [6, 6.07) is 0. The smallest absolute Gasteiger partial charge is 1.00 e. The Kier molecular flexibility index (Phi) is 107. The molecule has 0 aromatic rings. The first-order valence-corrected chi connectivity index (χ1v) is 0. The zero-order chi connectivity index (χ0) is 0. The van der Waals surface area contributed by atoms with Crippen LogP contribution in [-0.2, 0) is 0 Å². The normalized spacial score (nSPS) is 0. The van der Waals surface area contributed by atoms with Crippen molar-refractivity contribution in [1.29, 1.82) is 0 Å². The summed E-state index contributed by atoms with van der Waals surface area (Å²) >= 11 is 0. The molecule has 4 heavy (non-hydrogen) atoms. The van der Waals surface area contributed by atoms with E-state index in [1.807, 2.05) is 0 Å². The summed E-state index contributed by atoms with van der Waals surface area (Å²) < 4.78 is 0. The van der Waals surface area contributed by atoms with Crippen LogP contribution >= 0.6 is 41.0 Å². The van der Waals surface area contributed by atoms with Crippen LogP contribution in [0.4, 0.5) is 0 Å². The van der Waals surface area contributed by atoms with E-state index in [9.17, 15) is 0 Å². The van der Waals surface area contributed by atoms with Crippen molar-refractivity contribution < 1.29 is 68.4 Å². The van der Waals surface area contributed by atoms with Crippen molar-refractivity contribution in [3.63, 3.8) is 0 Å². The molecule has 0 atom stereocenters. The predicted molar refractivity (Wildman–Crippen MR) is 25.7 cm³/mol. The van der Waals surface area contributed by atoms with Crippen molar-refractivity contribution in [2.75, 3.05) is 0 Å². The van der Waals surface area contributed by atoms with E-state index >= 15 is 0 Å². The second-order valence-electron chi connectivity index (χ2n) is 0. The van der Waals surface area contributed by atoms with Gasteiger partial charge >= 0.3 is 51.4 Å². The van der Waals surface area contributed by atoms with Crippen LogP contribution < -0.4 is 68.4 Å². The SMILES string of the molecule is Br.I.[Br-].[K+]. The molecule has 4 heteroatoms. The quantitative estimate of drug-likeness (QED) is 0.309. The third-order valence-corrected chi connectivity index (χ3v) is 0. The number of rotatable bonds is 0. The zero-order valence-electron chi connectivity index (χ0n) is 2.19. The van der Waals surface area contributed by atoms with Crippen LogP contribution in [0.3, 0.4) is 0 Å². The summed E-state index contributed by atoms with van der Waals surface area (Å²) in [6.07, 6.45) is 0. The van der Waals surface area contributed by atoms with Gasteiger partial charge in [-0.1, -0.05) is 0 Å². The minimum atomic E-state index is 0. The zero-order valence-corrected chi connectivity index (χ0v) is 10.9. The largest absolute Gasteiger partial charge is 1.00 e. The van der Waals surface area contributed by atoms with E-state index in [0.29, 0.717) is 0 Å². The Balaban J connectivity index is 0. The van der Waals surface area contributed by atoms with Gasteiger partial charge in [-0.2, -0.15) is 0 Å². The van der Waals surface area contributed by atoms with Gasteiger partial charge in [0.25, 0.3) is 0 Å². The molecule has 24 valence electrons. The van der Waals surface area contributed by atoms with Crippen molar-refractivity contribution in [1.82, 2.24) is 0 Å². The first-order chi connectivity index (χ1) is 0. The molecule has 0 amide bonds. The van der Waals surface area contributed by atoms with E-state index in [2.05, 4.69) is 0 Å². The van der Waals surface area contributed by atoms with Crippen molar-refractivity contribution in [2.24, 2.45) is 0 Å². The van der Waals surface area contributed by atoms with Crippen LogP contribution in [0.15, 0.2) is 0 Å². The van der Waals surface area contributed by atoms with Crippen molar-refractivity contribution >= 4 is 41.0 Å². The van der Waals surface area contributed by atoms with E-state index in [-0.39, 0.29) is 109 Å². The fourth-order valence-corrected chi connectivity index (χ4v) is 0. The molecule has 0 aliphatic rings. The molecular weight excluding hydrogens is 326 g/mol. The molecule has 0 spiro atoms. The Morgan fingerprint density at radius 3 is 1.00 bits per heavy atom. The minimum absolute atomic E-state index is 0. The Labute approximate surface area is 106 Å². The second-order valence-corrected chi connectivity index (χ2v) is 0. The van der Waals surface area contributed by atoms with Crippen LogP contribution in [0.1, 0.15) is 0 Å². The number of hydrogen-bond donors (Lipinski definition) is 0. The van der Waals surface area contributed by atoms with Gasteiger partial charge in [0.1, 0.15) is 0 Å². The fraction of sp³-hybridized carbons (Fsp3) is 0. The summed E-state index contributed by atoms with van der Waals surface area (Å²) in [5.41, 5.74) is 0. The number of hydrogen-bond acceptors (Lipinski definition) is 0. The van der Waals surface area contributed by atoms with Crippen LogP contribution in [0.5, 0.6) is 0 Å². The van der Waals surface area contributed by atoms with Crippen LogP contribution in [0.25, 0.3) is 0 Å². The molecule has 0 aliphatic heterocycles. The monoisotopic (exact) mass is 326 g/mol. The maximum Gasteiger partial charge on any atom is 1.00 e. The second kappa shape index (κ2) is 16.2. The molecule has 0 radical (unpaired) electrons. The van der Waals surface area contributed by atoms with Gasteiger partial charge in [0.05, 0.1) is 0 Å². The molecule has 0 fully saturated rings. The summed E-state index contributed by atoms with van der Waals surface area (Å²) in [7, 11) is 0. The molecule has 0 saturated heterocycles. The maximum absolute atomic E-state index is 0.